The van der Waals surface area contributed by atoms with Gasteiger partial charge in [0.15, 0.2) is 0 Å². The lowest BCUT2D eigenvalue weighted by molar-refractivity contribution is -0.126. The van der Waals surface area contributed by atoms with Gasteiger partial charge in [-0.2, -0.15) is 0 Å². The van der Waals surface area contributed by atoms with Crippen LogP contribution in [0.1, 0.15) is 58.3 Å². The Hall–Kier alpha value is -2.02. The first kappa shape index (κ1) is 20.7. The van der Waals surface area contributed by atoms with E-state index in [2.05, 4.69) is 10.2 Å². The lowest BCUT2D eigenvalue weighted by atomic mass is 9.97. The molecular formula is C21H33N3O4. The van der Waals surface area contributed by atoms with Crippen molar-refractivity contribution in [2.45, 2.75) is 58.1 Å². The highest BCUT2D eigenvalue weighted by Crippen LogP contribution is 2.25. The van der Waals surface area contributed by atoms with Gasteiger partial charge in [0.05, 0.1) is 18.2 Å². The number of likely N-dealkylation sites (tertiary alicyclic amines) is 2. The predicted molar refractivity (Wildman–Crippen MR) is 106 cm³/mol. The van der Waals surface area contributed by atoms with Crippen molar-refractivity contribution in [3.8, 4) is 0 Å². The molecule has 28 heavy (non-hydrogen) atoms. The Balaban J connectivity index is 1.55. The summed E-state index contributed by atoms with van der Waals surface area (Å²) in [7, 11) is 0. The van der Waals surface area contributed by atoms with E-state index in [1.165, 1.54) is 12.8 Å². The third kappa shape index (κ3) is 5.50. The molecule has 0 radical (unpaired) electrons. The van der Waals surface area contributed by atoms with Gasteiger partial charge in [0.25, 0.3) is 0 Å². The smallest absolute Gasteiger partial charge is 0.410 e. The molecule has 2 atom stereocenters. The second-order valence-electron chi connectivity index (χ2n) is 8.78. The molecule has 156 valence electrons. The number of nitrogens with zero attached hydrogens (tertiary/aromatic N) is 2. The topological polar surface area (TPSA) is 75.0 Å². The second kappa shape index (κ2) is 8.99. The highest BCUT2D eigenvalue weighted by Gasteiger charge is 2.32. The molecule has 1 aromatic heterocycles. The Kier molecular flexibility index (Phi) is 6.65. The fourth-order valence-electron chi connectivity index (χ4n) is 3.97. The zero-order valence-electron chi connectivity index (χ0n) is 17.3. The van der Waals surface area contributed by atoms with Crippen LogP contribution in [0.2, 0.25) is 0 Å². The number of carbonyl (C=O) groups is 2. The zero-order valence-corrected chi connectivity index (χ0v) is 17.3. The Morgan fingerprint density at radius 3 is 2.64 bits per heavy atom. The number of piperidine rings is 1. The van der Waals surface area contributed by atoms with Crippen molar-refractivity contribution in [1.29, 1.82) is 0 Å². The number of hydrogen-bond acceptors (Lipinski definition) is 5. The van der Waals surface area contributed by atoms with E-state index in [0.717, 1.165) is 31.7 Å². The average Bonchev–Trinajstić information content (AvgIpc) is 3.35. The molecule has 3 rings (SSSR count). The summed E-state index contributed by atoms with van der Waals surface area (Å²) in [4.78, 5) is 29.2. The normalized spacial score (nSPS) is 22.1. The maximum absolute atomic E-state index is 12.8. The molecular weight excluding hydrogens is 358 g/mol. The van der Waals surface area contributed by atoms with Gasteiger partial charge in [-0.15, -0.1) is 0 Å². The van der Waals surface area contributed by atoms with E-state index in [1.807, 2.05) is 32.9 Å². The Labute approximate surface area is 167 Å². The van der Waals surface area contributed by atoms with E-state index < -0.39 is 5.60 Å². The van der Waals surface area contributed by atoms with Gasteiger partial charge in [0.2, 0.25) is 5.91 Å². The summed E-state index contributed by atoms with van der Waals surface area (Å²) in [5, 5.41) is 3.11. The van der Waals surface area contributed by atoms with Gasteiger partial charge in [-0.25, -0.2) is 4.79 Å². The summed E-state index contributed by atoms with van der Waals surface area (Å²) < 4.78 is 11.1. The Morgan fingerprint density at radius 2 is 2.00 bits per heavy atom. The van der Waals surface area contributed by atoms with Crippen molar-refractivity contribution in [1.82, 2.24) is 15.1 Å². The summed E-state index contributed by atoms with van der Waals surface area (Å²) in [6.07, 6.45) is 5.30. The minimum absolute atomic E-state index is 0.00371. The summed E-state index contributed by atoms with van der Waals surface area (Å²) >= 11 is 0. The third-order valence-corrected chi connectivity index (χ3v) is 5.37. The van der Waals surface area contributed by atoms with Crippen LogP contribution in [0.3, 0.4) is 0 Å². The fraction of sp³-hybridized carbons (Fsp3) is 0.714. The number of hydrogen-bond donors (Lipinski definition) is 1. The van der Waals surface area contributed by atoms with Crippen LogP contribution in [0.25, 0.3) is 0 Å². The highest BCUT2D eigenvalue weighted by molar-refractivity contribution is 5.80. The van der Waals surface area contributed by atoms with E-state index in [1.54, 1.807) is 11.2 Å². The Morgan fingerprint density at radius 1 is 1.25 bits per heavy atom. The molecule has 7 nitrogen and oxygen atoms in total. The third-order valence-electron chi connectivity index (χ3n) is 5.37. The molecule has 7 heteroatoms. The number of rotatable bonds is 5. The fourth-order valence-corrected chi connectivity index (χ4v) is 3.97. The molecule has 2 unspecified atom stereocenters. The number of ether oxygens (including phenoxy) is 1. The maximum Gasteiger partial charge on any atom is 0.410 e. The highest BCUT2D eigenvalue weighted by atomic mass is 16.6. The molecule has 2 fully saturated rings. The van der Waals surface area contributed by atoms with E-state index in [9.17, 15) is 9.59 Å². The van der Waals surface area contributed by atoms with Crippen molar-refractivity contribution < 1.29 is 18.7 Å². The van der Waals surface area contributed by atoms with Crippen LogP contribution in [0, 0.1) is 5.92 Å². The summed E-state index contributed by atoms with van der Waals surface area (Å²) in [6, 6.07) is 3.92. The van der Waals surface area contributed by atoms with E-state index in [-0.39, 0.29) is 24.0 Å². The van der Waals surface area contributed by atoms with Gasteiger partial charge >= 0.3 is 6.09 Å². The van der Waals surface area contributed by atoms with Gasteiger partial charge in [-0.3, -0.25) is 9.69 Å². The number of nitrogens with one attached hydrogen (secondary N) is 1. The maximum atomic E-state index is 12.8. The van der Waals surface area contributed by atoms with Crippen LogP contribution >= 0.6 is 0 Å². The van der Waals surface area contributed by atoms with Gasteiger partial charge in [0.1, 0.15) is 11.4 Å². The van der Waals surface area contributed by atoms with E-state index in [0.29, 0.717) is 19.6 Å². The number of furan rings is 1. The second-order valence-corrected chi connectivity index (χ2v) is 8.78. The molecule has 2 aliphatic heterocycles. The molecule has 0 spiro atoms. The first-order valence-corrected chi connectivity index (χ1v) is 10.4. The van der Waals surface area contributed by atoms with Crippen LogP contribution in [0.15, 0.2) is 22.8 Å². The summed E-state index contributed by atoms with van der Waals surface area (Å²) in [6.45, 7) is 9.19. The molecule has 2 saturated heterocycles. The predicted octanol–water partition coefficient (Wildman–Crippen LogP) is 3.18. The van der Waals surface area contributed by atoms with Gasteiger partial charge < -0.3 is 19.4 Å². The van der Waals surface area contributed by atoms with Crippen molar-refractivity contribution in [2.24, 2.45) is 5.92 Å². The zero-order chi connectivity index (χ0) is 20.1. The summed E-state index contributed by atoms with van der Waals surface area (Å²) in [5.41, 5.74) is -0.529. The first-order chi connectivity index (χ1) is 13.3. The molecule has 1 N–H and O–H groups in total. The molecule has 2 amide bonds. The minimum Gasteiger partial charge on any atom is -0.468 e. The van der Waals surface area contributed by atoms with E-state index >= 15 is 0 Å². The Bertz CT molecular complexity index is 647. The molecule has 1 aromatic rings. The lowest BCUT2D eigenvalue weighted by Crippen LogP contribution is -2.48. The van der Waals surface area contributed by atoms with Crippen molar-refractivity contribution in [2.75, 3.05) is 32.7 Å². The standard InChI is InChI=1S/C21H33N3O4/c1-21(2,3)28-20(26)24-12-6-8-16(15-24)19(25)22-14-17(18-9-7-13-27-18)23-10-4-5-11-23/h7,9,13,16-17H,4-6,8,10-12,14-15H2,1-3H3,(H,22,25). The first-order valence-electron chi connectivity index (χ1n) is 10.4. The molecule has 0 aromatic carbocycles. The van der Waals surface area contributed by atoms with E-state index in [4.69, 9.17) is 9.15 Å². The average molecular weight is 392 g/mol. The van der Waals surface area contributed by atoms with Crippen LogP contribution in [-0.2, 0) is 9.53 Å². The van der Waals surface area contributed by atoms with Crippen molar-refractivity contribution in [3.05, 3.63) is 24.2 Å². The largest absolute Gasteiger partial charge is 0.468 e. The molecule has 0 bridgehead atoms. The van der Waals surface area contributed by atoms with Gasteiger partial charge in [-0.05, 0) is 71.7 Å². The van der Waals surface area contributed by atoms with Crippen LogP contribution in [0.4, 0.5) is 4.79 Å². The monoisotopic (exact) mass is 391 g/mol. The van der Waals surface area contributed by atoms with Gasteiger partial charge in [0, 0.05) is 19.6 Å². The van der Waals surface area contributed by atoms with Crippen LogP contribution in [0.5, 0.6) is 0 Å². The molecule has 0 aliphatic carbocycles. The van der Waals surface area contributed by atoms with Crippen molar-refractivity contribution >= 4 is 12.0 Å². The number of carbonyl (C=O) groups excluding carboxylic acids is 2. The molecule has 0 saturated carbocycles. The number of amides is 2. The summed E-state index contributed by atoms with van der Waals surface area (Å²) in [5.74, 6) is 0.697. The van der Waals surface area contributed by atoms with Gasteiger partial charge in [-0.1, -0.05) is 0 Å². The van der Waals surface area contributed by atoms with Crippen LogP contribution < -0.4 is 5.32 Å². The minimum atomic E-state index is -0.529. The van der Waals surface area contributed by atoms with Crippen LogP contribution in [-0.4, -0.2) is 60.1 Å². The lowest BCUT2D eigenvalue weighted by Gasteiger charge is -2.34. The molecule has 2 aliphatic rings. The molecule has 3 heterocycles. The van der Waals surface area contributed by atoms with Crippen molar-refractivity contribution in [3.63, 3.8) is 0 Å². The quantitative estimate of drug-likeness (QED) is 0.834. The SMILES string of the molecule is CC(C)(C)OC(=O)N1CCCC(C(=O)NCC(c2ccco2)N2CCCC2)C1.